The molecule has 0 saturated carbocycles. The molecule has 1 aromatic carbocycles. The molecular weight excluding hydrogens is 176 g/mol. The Hall–Kier alpha value is -2.01. The fraction of sp³-hybridized carbons (Fsp3) is 0.0833. The smallest absolute Gasteiger partial charge is 0.330 e. The summed E-state index contributed by atoms with van der Waals surface area (Å²) < 4.78 is 4.47. The van der Waals surface area contributed by atoms with Crippen molar-refractivity contribution >= 4 is 12.0 Å². The normalized spacial score (nSPS) is 9.71. The van der Waals surface area contributed by atoms with Crippen molar-refractivity contribution in [2.45, 2.75) is 0 Å². The van der Waals surface area contributed by atoms with Gasteiger partial charge in [-0.15, -0.1) is 6.42 Å². The molecular formula is C12H10O2. The van der Waals surface area contributed by atoms with E-state index in [4.69, 9.17) is 6.42 Å². The maximum absolute atomic E-state index is 10.8. The van der Waals surface area contributed by atoms with E-state index >= 15 is 0 Å². The number of carbonyl (C=O) groups excluding carboxylic acids is 1. The van der Waals surface area contributed by atoms with Crippen molar-refractivity contribution in [3.8, 4) is 12.3 Å². The van der Waals surface area contributed by atoms with Gasteiger partial charge in [0, 0.05) is 11.6 Å². The summed E-state index contributed by atoms with van der Waals surface area (Å²) in [7, 11) is 1.33. The van der Waals surface area contributed by atoms with Crippen LogP contribution in [0.1, 0.15) is 11.1 Å². The summed E-state index contributed by atoms with van der Waals surface area (Å²) in [6, 6.07) is 7.37. The predicted octanol–water partition coefficient (Wildman–Crippen LogP) is 1.85. The first-order chi connectivity index (χ1) is 6.77. The van der Waals surface area contributed by atoms with Crippen molar-refractivity contribution in [3.05, 3.63) is 41.5 Å². The number of terminal acetylenes is 1. The maximum atomic E-state index is 10.8. The summed E-state index contributed by atoms with van der Waals surface area (Å²) in [5.74, 6) is 2.14. The highest BCUT2D eigenvalue weighted by atomic mass is 16.5. The largest absolute Gasteiger partial charge is 0.466 e. The van der Waals surface area contributed by atoms with Crippen molar-refractivity contribution in [3.63, 3.8) is 0 Å². The molecule has 2 heteroatoms. The number of hydrogen-bond acceptors (Lipinski definition) is 2. The highest BCUT2D eigenvalue weighted by Gasteiger charge is 1.95. The summed E-state index contributed by atoms with van der Waals surface area (Å²) >= 11 is 0. The van der Waals surface area contributed by atoms with Gasteiger partial charge in [-0.05, 0) is 17.7 Å². The van der Waals surface area contributed by atoms with E-state index in [1.165, 1.54) is 13.2 Å². The van der Waals surface area contributed by atoms with Crippen LogP contribution in [0.4, 0.5) is 0 Å². The molecule has 0 saturated heterocycles. The Labute approximate surface area is 83.2 Å². The molecule has 0 unspecified atom stereocenters. The lowest BCUT2D eigenvalue weighted by Gasteiger charge is -1.96. The molecule has 0 aliphatic carbocycles. The quantitative estimate of drug-likeness (QED) is 0.400. The zero-order valence-electron chi connectivity index (χ0n) is 7.86. The molecule has 0 bridgehead atoms. The van der Waals surface area contributed by atoms with E-state index in [2.05, 4.69) is 10.7 Å². The third-order valence-corrected chi connectivity index (χ3v) is 1.72. The summed E-state index contributed by atoms with van der Waals surface area (Å²) in [5, 5.41) is 0. The molecule has 0 aliphatic rings. The number of esters is 1. The molecule has 1 aromatic rings. The molecule has 0 fully saturated rings. The molecule has 0 N–H and O–H groups in total. The van der Waals surface area contributed by atoms with Gasteiger partial charge in [0.25, 0.3) is 0 Å². The van der Waals surface area contributed by atoms with Gasteiger partial charge in [0.2, 0.25) is 0 Å². The summed E-state index contributed by atoms with van der Waals surface area (Å²) in [4.78, 5) is 10.8. The molecule has 1 rings (SSSR count). The lowest BCUT2D eigenvalue weighted by molar-refractivity contribution is -0.134. The molecule has 0 aliphatic heterocycles. The zero-order chi connectivity index (χ0) is 10.4. The highest BCUT2D eigenvalue weighted by Crippen LogP contribution is 2.08. The minimum atomic E-state index is -0.392. The average Bonchev–Trinajstić information content (AvgIpc) is 2.26. The fourth-order valence-electron chi connectivity index (χ4n) is 1.000. The van der Waals surface area contributed by atoms with Crippen LogP contribution in [0.5, 0.6) is 0 Å². The van der Waals surface area contributed by atoms with E-state index in [9.17, 15) is 4.79 Å². The number of rotatable bonds is 2. The van der Waals surface area contributed by atoms with Gasteiger partial charge in [-0.2, -0.15) is 0 Å². The molecule has 0 spiro atoms. The topological polar surface area (TPSA) is 26.3 Å². The van der Waals surface area contributed by atoms with Crippen molar-refractivity contribution in [1.82, 2.24) is 0 Å². The van der Waals surface area contributed by atoms with Crippen LogP contribution in [0, 0.1) is 12.3 Å². The van der Waals surface area contributed by atoms with Gasteiger partial charge in [0.05, 0.1) is 7.11 Å². The van der Waals surface area contributed by atoms with Gasteiger partial charge in [0.15, 0.2) is 0 Å². The van der Waals surface area contributed by atoms with Crippen LogP contribution in [0.15, 0.2) is 30.3 Å². The Kier molecular flexibility index (Phi) is 3.51. The van der Waals surface area contributed by atoms with Gasteiger partial charge in [-0.25, -0.2) is 4.79 Å². The third kappa shape index (κ3) is 2.49. The molecule has 0 atom stereocenters. The Balaban J connectivity index is 2.92. The number of methoxy groups -OCH3 is 1. The second-order valence-electron chi connectivity index (χ2n) is 2.59. The van der Waals surface area contributed by atoms with Crippen LogP contribution in [-0.2, 0) is 9.53 Å². The predicted molar refractivity (Wildman–Crippen MR) is 55.4 cm³/mol. The first-order valence-electron chi connectivity index (χ1n) is 4.09. The molecule has 0 amide bonds. The Morgan fingerprint density at radius 1 is 1.50 bits per heavy atom. The molecule has 2 nitrogen and oxygen atoms in total. The van der Waals surface area contributed by atoms with Crippen LogP contribution >= 0.6 is 0 Å². The van der Waals surface area contributed by atoms with Crippen LogP contribution in [-0.4, -0.2) is 13.1 Å². The highest BCUT2D eigenvalue weighted by molar-refractivity contribution is 5.87. The number of benzene rings is 1. The second kappa shape index (κ2) is 4.88. The average molecular weight is 186 g/mol. The van der Waals surface area contributed by atoms with Crippen molar-refractivity contribution in [2.24, 2.45) is 0 Å². The van der Waals surface area contributed by atoms with Crippen LogP contribution in [0.25, 0.3) is 6.08 Å². The minimum Gasteiger partial charge on any atom is -0.466 e. The fourth-order valence-corrected chi connectivity index (χ4v) is 1.000. The summed E-state index contributed by atoms with van der Waals surface area (Å²) in [5.41, 5.74) is 1.59. The van der Waals surface area contributed by atoms with E-state index < -0.39 is 5.97 Å². The van der Waals surface area contributed by atoms with E-state index in [1.807, 2.05) is 24.3 Å². The van der Waals surface area contributed by atoms with Crippen molar-refractivity contribution in [2.75, 3.05) is 7.11 Å². The van der Waals surface area contributed by atoms with Gasteiger partial charge < -0.3 is 4.74 Å². The summed E-state index contributed by atoms with van der Waals surface area (Å²) in [6.45, 7) is 0. The first kappa shape index (κ1) is 10.1. The maximum Gasteiger partial charge on any atom is 0.330 e. The molecule has 0 aromatic heterocycles. The Morgan fingerprint density at radius 2 is 2.21 bits per heavy atom. The van der Waals surface area contributed by atoms with E-state index in [0.717, 1.165) is 11.1 Å². The van der Waals surface area contributed by atoms with Gasteiger partial charge >= 0.3 is 5.97 Å². The molecule has 70 valence electrons. The van der Waals surface area contributed by atoms with Crippen molar-refractivity contribution < 1.29 is 9.53 Å². The zero-order valence-corrected chi connectivity index (χ0v) is 7.86. The third-order valence-electron chi connectivity index (χ3n) is 1.72. The SMILES string of the molecule is C#Cc1ccccc1/C=C/C(=O)OC. The Bertz CT molecular complexity index is 397. The number of ether oxygens (including phenoxy) is 1. The first-order valence-corrected chi connectivity index (χ1v) is 4.09. The summed E-state index contributed by atoms with van der Waals surface area (Å²) in [6.07, 6.45) is 8.27. The standard InChI is InChI=1S/C12H10O2/c1-3-10-6-4-5-7-11(10)8-9-12(13)14-2/h1,4-9H,2H3/b9-8+. The number of carbonyl (C=O) groups is 1. The molecule has 0 radical (unpaired) electrons. The van der Waals surface area contributed by atoms with Gasteiger partial charge in [-0.1, -0.05) is 24.1 Å². The number of hydrogen-bond donors (Lipinski definition) is 0. The lowest BCUT2D eigenvalue weighted by atomic mass is 10.1. The van der Waals surface area contributed by atoms with Crippen molar-refractivity contribution in [1.29, 1.82) is 0 Å². The minimum absolute atomic E-state index is 0.392. The van der Waals surface area contributed by atoms with Gasteiger partial charge in [0.1, 0.15) is 0 Å². The Morgan fingerprint density at radius 3 is 2.86 bits per heavy atom. The second-order valence-corrected chi connectivity index (χ2v) is 2.59. The van der Waals surface area contributed by atoms with E-state index in [-0.39, 0.29) is 0 Å². The lowest BCUT2D eigenvalue weighted by Crippen LogP contribution is -1.93. The van der Waals surface area contributed by atoms with Crippen LogP contribution < -0.4 is 0 Å². The molecule has 0 heterocycles. The van der Waals surface area contributed by atoms with Gasteiger partial charge in [-0.3, -0.25) is 0 Å². The monoisotopic (exact) mass is 186 g/mol. The van der Waals surface area contributed by atoms with E-state index in [1.54, 1.807) is 6.08 Å². The molecule has 14 heavy (non-hydrogen) atoms. The van der Waals surface area contributed by atoms with E-state index in [0.29, 0.717) is 0 Å². The van der Waals surface area contributed by atoms with Crippen LogP contribution in [0.2, 0.25) is 0 Å². The van der Waals surface area contributed by atoms with Crippen LogP contribution in [0.3, 0.4) is 0 Å².